The highest BCUT2D eigenvalue weighted by Crippen LogP contribution is 2.52. The smallest absolute Gasteiger partial charge is 0.220 e. The van der Waals surface area contributed by atoms with Crippen LogP contribution >= 0.6 is 0 Å². The lowest BCUT2D eigenvalue weighted by Gasteiger charge is -2.40. The Bertz CT molecular complexity index is 859. The van der Waals surface area contributed by atoms with Gasteiger partial charge in [0.1, 0.15) is 11.5 Å². The van der Waals surface area contributed by atoms with E-state index in [9.17, 15) is 4.79 Å². The minimum atomic E-state index is 0.241. The van der Waals surface area contributed by atoms with E-state index in [-0.39, 0.29) is 11.3 Å². The third-order valence-corrected chi connectivity index (χ3v) is 6.97. The van der Waals surface area contributed by atoms with Crippen LogP contribution in [-0.2, 0) is 16.8 Å². The van der Waals surface area contributed by atoms with Crippen LogP contribution in [0.3, 0.4) is 0 Å². The standard InChI is InChI=1S/C24H30N2O2/c1-17-6-9-20(28-17)16-26-12-10-24(11-13-26)15-18(14-23(27)25-19-7-8-19)21-4-2-3-5-22(21)24/h2-6,9,18-19H,7-8,10-16H2,1H3,(H,25,27). The molecule has 4 nitrogen and oxygen atoms in total. The lowest BCUT2D eigenvalue weighted by Crippen LogP contribution is -2.41. The number of hydrogen-bond donors (Lipinski definition) is 1. The number of hydrogen-bond acceptors (Lipinski definition) is 3. The Kier molecular flexibility index (Phi) is 4.54. The van der Waals surface area contributed by atoms with Gasteiger partial charge in [-0.2, -0.15) is 0 Å². The number of aryl methyl sites for hydroxylation is 1. The average Bonchev–Trinajstić information content (AvgIpc) is 3.33. The van der Waals surface area contributed by atoms with Crippen molar-refractivity contribution in [1.29, 1.82) is 0 Å². The van der Waals surface area contributed by atoms with Crippen LogP contribution in [0.5, 0.6) is 0 Å². The normalized spacial score (nSPS) is 23.7. The molecule has 1 spiro atoms. The van der Waals surface area contributed by atoms with E-state index < -0.39 is 0 Å². The van der Waals surface area contributed by atoms with Crippen LogP contribution < -0.4 is 5.32 Å². The number of carbonyl (C=O) groups is 1. The van der Waals surface area contributed by atoms with Crippen LogP contribution in [-0.4, -0.2) is 29.9 Å². The molecule has 0 bridgehead atoms. The fraction of sp³-hybridized carbons (Fsp3) is 0.542. The van der Waals surface area contributed by atoms with Crippen LogP contribution in [0.2, 0.25) is 0 Å². The Balaban J connectivity index is 1.28. The number of likely N-dealkylation sites (tertiary alicyclic amines) is 1. The van der Waals surface area contributed by atoms with Crippen molar-refractivity contribution < 1.29 is 9.21 Å². The Morgan fingerprint density at radius 3 is 2.68 bits per heavy atom. The topological polar surface area (TPSA) is 45.5 Å². The molecule has 1 saturated carbocycles. The van der Waals surface area contributed by atoms with Gasteiger partial charge in [0.25, 0.3) is 0 Å². The van der Waals surface area contributed by atoms with Crippen molar-refractivity contribution in [3.05, 3.63) is 59.0 Å². The quantitative estimate of drug-likeness (QED) is 0.845. The monoisotopic (exact) mass is 378 g/mol. The average molecular weight is 379 g/mol. The zero-order valence-electron chi connectivity index (χ0n) is 16.7. The number of fused-ring (bicyclic) bond motifs is 2. The van der Waals surface area contributed by atoms with Crippen molar-refractivity contribution in [2.24, 2.45) is 0 Å². The van der Waals surface area contributed by atoms with Crippen molar-refractivity contribution in [2.75, 3.05) is 13.1 Å². The number of nitrogens with one attached hydrogen (secondary N) is 1. The molecule has 28 heavy (non-hydrogen) atoms. The molecular weight excluding hydrogens is 348 g/mol. The highest BCUT2D eigenvalue weighted by atomic mass is 16.3. The fourth-order valence-electron chi connectivity index (χ4n) is 5.35. The molecule has 2 fully saturated rings. The molecule has 5 rings (SSSR count). The summed E-state index contributed by atoms with van der Waals surface area (Å²) in [5, 5.41) is 3.18. The number of nitrogens with zero attached hydrogens (tertiary/aromatic N) is 1. The van der Waals surface area contributed by atoms with E-state index in [1.54, 1.807) is 0 Å². The summed E-state index contributed by atoms with van der Waals surface area (Å²) in [5.41, 5.74) is 3.17. The van der Waals surface area contributed by atoms with E-state index in [4.69, 9.17) is 4.42 Å². The van der Waals surface area contributed by atoms with E-state index in [0.717, 1.165) is 50.4 Å². The molecule has 0 radical (unpaired) electrons. The lowest BCUT2D eigenvalue weighted by atomic mass is 9.73. The highest BCUT2D eigenvalue weighted by Gasteiger charge is 2.45. The van der Waals surface area contributed by atoms with Crippen molar-refractivity contribution >= 4 is 5.91 Å². The van der Waals surface area contributed by atoms with E-state index in [1.807, 2.05) is 13.0 Å². The molecule has 1 N–H and O–H groups in total. The molecular formula is C24H30N2O2. The van der Waals surface area contributed by atoms with Crippen LogP contribution in [0.15, 0.2) is 40.8 Å². The zero-order valence-corrected chi connectivity index (χ0v) is 16.7. The summed E-state index contributed by atoms with van der Waals surface area (Å²) in [6.07, 6.45) is 6.42. The van der Waals surface area contributed by atoms with Crippen molar-refractivity contribution in [1.82, 2.24) is 10.2 Å². The van der Waals surface area contributed by atoms with Crippen molar-refractivity contribution in [3.63, 3.8) is 0 Å². The van der Waals surface area contributed by atoms with Crippen LogP contribution in [0.25, 0.3) is 0 Å². The van der Waals surface area contributed by atoms with E-state index >= 15 is 0 Å². The van der Waals surface area contributed by atoms with Gasteiger partial charge in [-0.05, 0) is 86.7 Å². The molecule has 1 aliphatic heterocycles. The third-order valence-electron chi connectivity index (χ3n) is 6.97. The third kappa shape index (κ3) is 3.50. The summed E-state index contributed by atoms with van der Waals surface area (Å²) in [6.45, 7) is 5.09. The molecule has 1 amide bonds. The second kappa shape index (κ2) is 7.07. The van der Waals surface area contributed by atoms with E-state index in [1.165, 1.54) is 24.0 Å². The number of carbonyl (C=O) groups excluding carboxylic acids is 1. The first-order valence-electron chi connectivity index (χ1n) is 10.8. The molecule has 2 aromatic rings. The largest absolute Gasteiger partial charge is 0.465 e. The molecule has 2 aliphatic carbocycles. The van der Waals surface area contributed by atoms with Crippen LogP contribution in [0.4, 0.5) is 0 Å². The summed E-state index contributed by atoms with van der Waals surface area (Å²) in [7, 11) is 0. The van der Waals surface area contributed by atoms with Gasteiger partial charge in [0.05, 0.1) is 6.54 Å². The lowest BCUT2D eigenvalue weighted by molar-refractivity contribution is -0.121. The van der Waals surface area contributed by atoms with Gasteiger partial charge in [0, 0.05) is 12.5 Å². The second-order valence-corrected chi connectivity index (χ2v) is 9.10. The Morgan fingerprint density at radius 2 is 1.96 bits per heavy atom. The number of amides is 1. The molecule has 3 aliphatic rings. The SMILES string of the molecule is Cc1ccc(CN2CCC3(CC2)CC(CC(=O)NC2CC2)c2ccccc23)o1. The van der Waals surface area contributed by atoms with Gasteiger partial charge in [-0.3, -0.25) is 9.69 Å². The van der Waals surface area contributed by atoms with E-state index in [0.29, 0.717) is 18.4 Å². The predicted octanol–water partition coefficient (Wildman–Crippen LogP) is 4.28. The molecule has 1 aromatic heterocycles. The minimum Gasteiger partial charge on any atom is -0.465 e. The van der Waals surface area contributed by atoms with Gasteiger partial charge < -0.3 is 9.73 Å². The molecule has 1 saturated heterocycles. The molecule has 4 heteroatoms. The van der Waals surface area contributed by atoms with Crippen molar-refractivity contribution in [2.45, 2.75) is 69.4 Å². The second-order valence-electron chi connectivity index (χ2n) is 9.10. The first-order chi connectivity index (χ1) is 13.6. The van der Waals surface area contributed by atoms with Gasteiger partial charge in [0.2, 0.25) is 5.91 Å². The molecule has 1 aromatic carbocycles. The van der Waals surface area contributed by atoms with Gasteiger partial charge in [-0.25, -0.2) is 0 Å². The van der Waals surface area contributed by atoms with Gasteiger partial charge in [-0.15, -0.1) is 0 Å². The molecule has 148 valence electrons. The summed E-state index contributed by atoms with van der Waals surface area (Å²) >= 11 is 0. The molecule has 1 unspecified atom stereocenters. The summed E-state index contributed by atoms with van der Waals surface area (Å²) in [4.78, 5) is 15.0. The maximum absolute atomic E-state index is 12.5. The Morgan fingerprint density at radius 1 is 1.18 bits per heavy atom. The summed E-state index contributed by atoms with van der Waals surface area (Å²) in [5.74, 6) is 2.66. The predicted molar refractivity (Wildman–Crippen MR) is 109 cm³/mol. The summed E-state index contributed by atoms with van der Waals surface area (Å²) in [6, 6.07) is 13.5. The van der Waals surface area contributed by atoms with Gasteiger partial charge in [-0.1, -0.05) is 24.3 Å². The molecule has 1 atom stereocenters. The van der Waals surface area contributed by atoms with Gasteiger partial charge in [0.15, 0.2) is 0 Å². The zero-order chi connectivity index (χ0) is 19.1. The van der Waals surface area contributed by atoms with Gasteiger partial charge >= 0.3 is 0 Å². The Labute approximate surface area is 167 Å². The Hall–Kier alpha value is -2.07. The minimum absolute atomic E-state index is 0.241. The first kappa shape index (κ1) is 18.0. The maximum Gasteiger partial charge on any atom is 0.220 e. The number of rotatable bonds is 5. The number of benzene rings is 1. The highest BCUT2D eigenvalue weighted by molar-refractivity contribution is 5.78. The summed E-state index contributed by atoms with van der Waals surface area (Å²) < 4.78 is 5.77. The van der Waals surface area contributed by atoms with Crippen LogP contribution in [0.1, 0.15) is 67.1 Å². The maximum atomic E-state index is 12.5. The first-order valence-corrected chi connectivity index (χ1v) is 10.8. The van der Waals surface area contributed by atoms with Crippen molar-refractivity contribution in [3.8, 4) is 0 Å². The van der Waals surface area contributed by atoms with Crippen LogP contribution in [0, 0.1) is 6.92 Å². The number of furan rings is 1. The fourth-order valence-corrected chi connectivity index (χ4v) is 5.35. The number of piperidine rings is 1. The van der Waals surface area contributed by atoms with E-state index in [2.05, 4.69) is 40.5 Å². The molecule has 2 heterocycles.